The van der Waals surface area contributed by atoms with Crippen LogP contribution in [0.25, 0.3) is 32.9 Å². The summed E-state index contributed by atoms with van der Waals surface area (Å²) in [6.45, 7) is 16.9. The minimum atomic E-state index is -0.393. The van der Waals surface area contributed by atoms with Gasteiger partial charge in [0.1, 0.15) is 11.6 Å². The molecule has 0 unspecified atom stereocenters. The summed E-state index contributed by atoms with van der Waals surface area (Å²) in [7, 11) is 0. The Morgan fingerprint density at radius 1 is 0.922 bits per heavy atom. The molecule has 3 aromatic carbocycles. The number of hydrogen-bond acceptors (Lipinski definition) is 4. The first-order chi connectivity index (χ1) is 23.7. The van der Waals surface area contributed by atoms with Gasteiger partial charge < -0.3 is 5.11 Å². The van der Waals surface area contributed by atoms with Crippen molar-refractivity contribution in [3.8, 4) is 11.3 Å². The molecule has 4 bridgehead atoms. The van der Waals surface area contributed by atoms with Crippen LogP contribution < -0.4 is 0 Å². The Balaban J connectivity index is 0.000000192. The van der Waals surface area contributed by atoms with Crippen LogP contribution in [0.5, 0.6) is 0 Å². The number of aliphatic hydroxyl groups excluding tert-OH is 1. The Morgan fingerprint density at radius 3 is 2.18 bits per heavy atom. The van der Waals surface area contributed by atoms with E-state index in [9.17, 15) is 9.90 Å². The standard InChI is InChI=1S/C29H31N2.C17H26O2.Ir/c1-17(2)22-15-21-13-14-25-28(24-12-8-10-20-9-6-7-11-23(20)24)30-19(5)31-29(25)27(21)26(16-22)18(3)4;1-16(2,3)14(18)7-15(19)17-8-11-4-12(9-17)6-13(5-11)10-17;/h8,10,13-18H,6-7,9,11H2,1-5H3;7,11-13,19H,4-6,8-10H2,1-3H3;/q-1;;/b;15-7-;. The Bertz CT molecular complexity index is 1950. The van der Waals surface area contributed by atoms with Gasteiger partial charge >= 0.3 is 0 Å². The van der Waals surface area contributed by atoms with Gasteiger partial charge in [0.2, 0.25) is 0 Å². The molecule has 4 fully saturated rings. The van der Waals surface area contributed by atoms with Crippen LogP contribution in [0.1, 0.15) is 140 Å². The molecule has 0 saturated heterocycles. The van der Waals surface area contributed by atoms with E-state index in [1.54, 1.807) is 6.08 Å². The largest absolute Gasteiger partial charge is 0.512 e. The van der Waals surface area contributed by atoms with Gasteiger partial charge in [0, 0.05) is 42.4 Å². The van der Waals surface area contributed by atoms with Crippen LogP contribution in [-0.4, -0.2) is 20.9 Å². The van der Waals surface area contributed by atoms with Crippen molar-refractivity contribution in [3.63, 3.8) is 0 Å². The molecule has 0 spiro atoms. The summed E-state index contributed by atoms with van der Waals surface area (Å²) in [5, 5.41) is 14.3. The summed E-state index contributed by atoms with van der Waals surface area (Å²) < 4.78 is 0. The molecule has 5 aliphatic rings. The number of ketones is 1. The summed E-state index contributed by atoms with van der Waals surface area (Å²) in [6, 6.07) is 17.1. The third kappa shape index (κ3) is 7.37. The van der Waals surface area contributed by atoms with Gasteiger partial charge in [0.25, 0.3) is 0 Å². The normalized spacial score (nSPS) is 24.0. The number of aryl methyl sites for hydroxylation is 2. The first-order valence-electron chi connectivity index (χ1n) is 19.5. The van der Waals surface area contributed by atoms with Crippen molar-refractivity contribution in [2.24, 2.45) is 28.6 Å². The van der Waals surface area contributed by atoms with E-state index in [4.69, 9.17) is 9.97 Å². The minimum absolute atomic E-state index is 0. The predicted molar refractivity (Wildman–Crippen MR) is 207 cm³/mol. The first kappa shape index (κ1) is 37.9. The fourth-order valence-corrected chi connectivity index (χ4v) is 10.0. The fraction of sp³-hybridized carbons (Fsp3) is 0.543. The summed E-state index contributed by atoms with van der Waals surface area (Å²) in [6.07, 6.45) is 13.8. The zero-order valence-electron chi connectivity index (χ0n) is 32.1. The fourth-order valence-electron chi connectivity index (χ4n) is 10.0. The van der Waals surface area contributed by atoms with Crippen LogP contribution in [0.4, 0.5) is 0 Å². The molecule has 4 nitrogen and oxygen atoms in total. The van der Waals surface area contributed by atoms with Gasteiger partial charge in [-0.15, -0.1) is 34.9 Å². The van der Waals surface area contributed by atoms with E-state index >= 15 is 0 Å². The topological polar surface area (TPSA) is 63.1 Å². The maximum atomic E-state index is 12.1. The molecule has 0 aliphatic heterocycles. The van der Waals surface area contributed by atoms with Crippen molar-refractivity contribution >= 4 is 27.5 Å². The molecule has 5 heteroatoms. The van der Waals surface area contributed by atoms with Crippen LogP contribution in [0.2, 0.25) is 0 Å². The summed E-state index contributed by atoms with van der Waals surface area (Å²) >= 11 is 0. The molecule has 4 aromatic rings. The van der Waals surface area contributed by atoms with Crippen LogP contribution >= 0.6 is 0 Å². The van der Waals surface area contributed by atoms with Gasteiger partial charge in [-0.05, 0) is 109 Å². The molecule has 1 aromatic heterocycles. The number of aliphatic hydroxyl groups is 1. The third-order valence-corrected chi connectivity index (χ3v) is 12.4. The van der Waals surface area contributed by atoms with E-state index in [2.05, 4.69) is 70.2 Å². The zero-order chi connectivity index (χ0) is 35.5. The second-order valence-electron chi connectivity index (χ2n) is 18.0. The second-order valence-corrected chi connectivity index (χ2v) is 18.0. The number of aromatic nitrogens is 2. The number of nitrogens with zero attached hydrogens (tertiary/aromatic N) is 2. The van der Waals surface area contributed by atoms with E-state index in [0.29, 0.717) is 17.6 Å². The predicted octanol–water partition coefficient (Wildman–Crippen LogP) is 11.9. The van der Waals surface area contributed by atoms with Crippen LogP contribution in [0.15, 0.2) is 48.2 Å². The van der Waals surface area contributed by atoms with E-state index in [0.717, 1.165) is 72.3 Å². The number of allylic oxidation sites excluding steroid dienone is 2. The van der Waals surface area contributed by atoms with Crippen LogP contribution in [0.3, 0.4) is 0 Å². The van der Waals surface area contributed by atoms with Crippen LogP contribution in [-0.2, 0) is 37.7 Å². The Morgan fingerprint density at radius 2 is 1.57 bits per heavy atom. The maximum absolute atomic E-state index is 12.1. The Hall–Kier alpha value is -2.88. The summed E-state index contributed by atoms with van der Waals surface area (Å²) in [5.41, 5.74) is 8.55. The van der Waals surface area contributed by atoms with Crippen molar-refractivity contribution < 1.29 is 30.0 Å². The molecule has 4 saturated carbocycles. The molecule has 0 atom stereocenters. The quantitative estimate of drug-likeness (QED) is 0.0940. The average Bonchev–Trinajstić information content (AvgIpc) is 3.06. The number of carbonyl (C=O) groups excluding carboxylic acids is 1. The van der Waals surface area contributed by atoms with E-state index in [1.807, 2.05) is 27.7 Å². The molecule has 1 N–H and O–H groups in total. The second kappa shape index (κ2) is 14.5. The smallest absolute Gasteiger partial charge is 0.164 e. The molecule has 5 aliphatic carbocycles. The number of benzene rings is 3. The van der Waals surface area contributed by atoms with E-state index in [1.165, 1.54) is 70.7 Å². The maximum Gasteiger partial charge on any atom is 0.164 e. The van der Waals surface area contributed by atoms with Crippen molar-refractivity contribution in [1.29, 1.82) is 0 Å². The third-order valence-electron chi connectivity index (χ3n) is 12.4. The Labute approximate surface area is 319 Å². The molecule has 273 valence electrons. The van der Waals surface area contributed by atoms with Gasteiger partial charge in [-0.25, -0.2) is 4.98 Å². The molecular weight excluding hydrogens is 805 g/mol. The molecule has 1 heterocycles. The zero-order valence-corrected chi connectivity index (χ0v) is 34.5. The summed E-state index contributed by atoms with van der Waals surface area (Å²) in [5.74, 6) is 4.61. The van der Waals surface area contributed by atoms with Crippen LogP contribution in [0, 0.1) is 41.6 Å². The number of rotatable bonds is 5. The molecule has 1 radical (unpaired) electrons. The SMILES string of the molecule is CC(C)(C)C(=O)/C=C(\O)C12CC3CC(CC(C3)C1)C2.Cc1nc(-c2[c-]ccc3c2CCCC3)c2ccc3cc(C(C)C)cc(C(C)C)c3c2n1.[Ir]. The van der Waals surface area contributed by atoms with Crippen molar-refractivity contribution in [1.82, 2.24) is 9.97 Å². The summed E-state index contributed by atoms with van der Waals surface area (Å²) in [4.78, 5) is 22.1. The van der Waals surface area contributed by atoms with Gasteiger partial charge in [-0.3, -0.25) is 9.78 Å². The van der Waals surface area contributed by atoms with E-state index in [-0.39, 0.29) is 31.3 Å². The number of fused-ring (bicyclic) bond motifs is 4. The Kier molecular flexibility index (Phi) is 10.8. The molecule has 0 amide bonds. The monoisotopic (exact) mass is 862 g/mol. The van der Waals surface area contributed by atoms with E-state index < -0.39 is 5.41 Å². The van der Waals surface area contributed by atoms with Gasteiger partial charge in [0.05, 0.1) is 5.52 Å². The minimum Gasteiger partial charge on any atom is -0.512 e. The molecule has 51 heavy (non-hydrogen) atoms. The van der Waals surface area contributed by atoms with Crippen molar-refractivity contribution in [2.75, 3.05) is 0 Å². The van der Waals surface area contributed by atoms with Gasteiger partial charge in [-0.1, -0.05) is 92.0 Å². The van der Waals surface area contributed by atoms with Gasteiger partial charge in [-0.2, -0.15) is 0 Å². The average molecular weight is 862 g/mol. The van der Waals surface area contributed by atoms with Gasteiger partial charge in [0.15, 0.2) is 5.78 Å². The number of hydrogen-bond donors (Lipinski definition) is 1. The molecular formula is C46H57IrN2O2-. The molecule has 9 rings (SSSR count). The first-order valence-corrected chi connectivity index (χ1v) is 19.5. The number of carbonyl (C=O) groups is 1. The van der Waals surface area contributed by atoms with Crippen molar-refractivity contribution in [2.45, 2.75) is 131 Å². The van der Waals surface area contributed by atoms with Crippen molar-refractivity contribution in [3.05, 3.63) is 82.4 Å².